The summed E-state index contributed by atoms with van der Waals surface area (Å²) in [6.45, 7) is 2.87. The molecule has 1 unspecified atom stereocenters. The zero-order chi connectivity index (χ0) is 13.5. The Hall–Kier alpha value is -1.82. The normalized spacial score (nSPS) is 22.9. The van der Waals surface area contributed by atoms with Gasteiger partial charge in [0.25, 0.3) is 0 Å². The van der Waals surface area contributed by atoms with Gasteiger partial charge in [-0.05, 0) is 38.4 Å². The standard InChI is InChI=1S/C13H13F2N3O/c1-13(3-2-4-16-13)12-17-11(18-19-12)8-5-9(14)7-10(15)6-8/h5-7,16H,2-4H2,1H3. The van der Waals surface area contributed by atoms with Gasteiger partial charge >= 0.3 is 0 Å². The fourth-order valence-electron chi connectivity index (χ4n) is 2.32. The van der Waals surface area contributed by atoms with E-state index in [9.17, 15) is 8.78 Å². The van der Waals surface area contributed by atoms with Crippen LogP contribution in [0.1, 0.15) is 25.7 Å². The van der Waals surface area contributed by atoms with Crippen LogP contribution < -0.4 is 5.32 Å². The predicted molar refractivity (Wildman–Crippen MR) is 64.2 cm³/mol. The summed E-state index contributed by atoms with van der Waals surface area (Å²) in [7, 11) is 0. The molecule has 1 N–H and O–H groups in total. The molecular formula is C13H13F2N3O. The SMILES string of the molecule is CC1(c2nc(-c3cc(F)cc(F)c3)no2)CCCN1. The van der Waals surface area contributed by atoms with Crippen LogP contribution in [-0.2, 0) is 5.54 Å². The molecule has 2 heterocycles. The Morgan fingerprint density at radius 2 is 2.00 bits per heavy atom. The molecule has 1 aromatic carbocycles. The molecule has 0 spiro atoms. The van der Waals surface area contributed by atoms with Crippen LogP contribution in [0, 0.1) is 11.6 Å². The van der Waals surface area contributed by atoms with E-state index >= 15 is 0 Å². The Kier molecular flexibility index (Phi) is 2.82. The molecule has 4 nitrogen and oxygen atoms in total. The largest absolute Gasteiger partial charge is 0.337 e. The molecule has 2 aromatic rings. The Bertz CT molecular complexity index is 585. The van der Waals surface area contributed by atoms with E-state index in [4.69, 9.17) is 4.52 Å². The quantitative estimate of drug-likeness (QED) is 0.906. The van der Waals surface area contributed by atoms with Gasteiger partial charge in [-0.2, -0.15) is 4.98 Å². The Labute approximate surface area is 108 Å². The summed E-state index contributed by atoms with van der Waals surface area (Å²) in [5.41, 5.74) is -0.0778. The van der Waals surface area contributed by atoms with Crippen molar-refractivity contribution in [3.05, 3.63) is 35.7 Å². The summed E-state index contributed by atoms with van der Waals surface area (Å²) in [5.74, 6) is -0.675. The van der Waals surface area contributed by atoms with Crippen molar-refractivity contribution in [3.8, 4) is 11.4 Å². The minimum Gasteiger partial charge on any atom is -0.337 e. The fourth-order valence-corrected chi connectivity index (χ4v) is 2.32. The number of hydrogen-bond acceptors (Lipinski definition) is 4. The molecule has 0 bridgehead atoms. The van der Waals surface area contributed by atoms with Gasteiger partial charge in [0.1, 0.15) is 11.6 Å². The number of nitrogens with one attached hydrogen (secondary N) is 1. The lowest BCUT2D eigenvalue weighted by Crippen LogP contribution is -2.33. The zero-order valence-electron chi connectivity index (χ0n) is 10.4. The maximum atomic E-state index is 13.2. The highest BCUT2D eigenvalue weighted by Gasteiger charge is 2.35. The van der Waals surface area contributed by atoms with Crippen LogP contribution in [0.25, 0.3) is 11.4 Å². The van der Waals surface area contributed by atoms with Crippen LogP contribution in [0.2, 0.25) is 0 Å². The van der Waals surface area contributed by atoms with E-state index in [1.807, 2.05) is 6.92 Å². The summed E-state index contributed by atoms with van der Waals surface area (Å²) in [6.07, 6.45) is 1.93. The number of aromatic nitrogens is 2. The van der Waals surface area contributed by atoms with Crippen LogP contribution in [0.15, 0.2) is 22.7 Å². The molecule has 1 aliphatic rings. The van der Waals surface area contributed by atoms with E-state index in [1.54, 1.807) is 0 Å². The van der Waals surface area contributed by atoms with E-state index in [0.717, 1.165) is 25.5 Å². The minimum atomic E-state index is -0.661. The van der Waals surface area contributed by atoms with E-state index in [2.05, 4.69) is 15.5 Å². The molecule has 0 saturated carbocycles. The number of hydrogen-bond donors (Lipinski definition) is 1. The minimum absolute atomic E-state index is 0.198. The lowest BCUT2D eigenvalue weighted by molar-refractivity contribution is 0.275. The molecule has 1 atom stereocenters. The first-order valence-electron chi connectivity index (χ1n) is 6.12. The van der Waals surface area contributed by atoms with Crippen LogP contribution in [-0.4, -0.2) is 16.7 Å². The van der Waals surface area contributed by atoms with E-state index in [-0.39, 0.29) is 16.9 Å². The molecule has 1 saturated heterocycles. The molecular weight excluding hydrogens is 252 g/mol. The second-order valence-corrected chi connectivity index (χ2v) is 4.94. The van der Waals surface area contributed by atoms with Gasteiger partial charge in [-0.1, -0.05) is 5.16 Å². The molecule has 6 heteroatoms. The summed E-state index contributed by atoms with van der Waals surface area (Å²) in [6, 6.07) is 3.18. The lowest BCUT2D eigenvalue weighted by atomic mass is 10.0. The van der Waals surface area contributed by atoms with Gasteiger partial charge in [-0.3, -0.25) is 0 Å². The first kappa shape index (κ1) is 12.2. The highest BCUT2D eigenvalue weighted by atomic mass is 19.1. The lowest BCUT2D eigenvalue weighted by Gasteiger charge is -2.18. The Balaban J connectivity index is 1.96. The van der Waals surface area contributed by atoms with Crippen molar-refractivity contribution in [1.82, 2.24) is 15.5 Å². The average Bonchev–Trinajstić information content (AvgIpc) is 2.96. The highest BCUT2D eigenvalue weighted by Crippen LogP contribution is 2.30. The number of nitrogens with zero attached hydrogens (tertiary/aromatic N) is 2. The molecule has 0 amide bonds. The molecule has 0 aliphatic carbocycles. The van der Waals surface area contributed by atoms with Crippen molar-refractivity contribution in [3.63, 3.8) is 0 Å². The summed E-state index contributed by atoms with van der Waals surface area (Å²) in [4.78, 5) is 4.24. The summed E-state index contributed by atoms with van der Waals surface area (Å²) < 4.78 is 31.5. The van der Waals surface area contributed by atoms with Crippen molar-refractivity contribution >= 4 is 0 Å². The van der Waals surface area contributed by atoms with Gasteiger partial charge in [0.15, 0.2) is 0 Å². The van der Waals surface area contributed by atoms with Crippen LogP contribution in [0.3, 0.4) is 0 Å². The third-order valence-electron chi connectivity index (χ3n) is 3.39. The van der Waals surface area contributed by atoms with Crippen LogP contribution in [0.5, 0.6) is 0 Å². The molecule has 1 fully saturated rings. The van der Waals surface area contributed by atoms with E-state index in [1.165, 1.54) is 12.1 Å². The molecule has 3 rings (SSSR count). The molecule has 1 aliphatic heterocycles. The first-order valence-corrected chi connectivity index (χ1v) is 6.12. The molecule has 100 valence electrons. The third kappa shape index (κ3) is 2.23. The topological polar surface area (TPSA) is 51.0 Å². The van der Waals surface area contributed by atoms with Crippen molar-refractivity contribution in [2.45, 2.75) is 25.3 Å². The maximum absolute atomic E-state index is 13.2. The highest BCUT2D eigenvalue weighted by molar-refractivity contribution is 5.54. The number of rotatable bonds is 2. The van der Waals surface area contributed by atoms with Gasteiger partial charge in [-0.25, -0.2) is 8.78 Å². The van der Waals surface area contributed by atoms with Gasteiger partial charge < -0.3 is 9.84 Å². The van der Waals surface area contributed by atoms with E-state index in [0.29, 0.717) is 5.89 Å². The summed E-state index contributed by atoms with van der Waals surface area (Å²) >= 11 is 0. The Morgan fingerprint density at radius 3 is 2.63 bits per heavy atom. The van der Waals surface area contributed by atoms with Crippen molar-refractivity contribution in [2.24, 2.45) is 0 Å². The molecule has 0 radical (unpaired) electrons. The summed E-state index contributed by atoms with van der Waals surface area (Å²) in [5, 5.41) is 7.09. The molecule has 19 heavy (non-hydrogen) atoms. The Morgan fingerprint density at radius 1 is 1.26 bits per heavy atom. The monoisotopic (exact) mass is 265 g/mol. The number of benzene rings is 1. The smallest absolute Gasteiger partial charge is 0.246 e. The second kappa shape index (κ2) is 4.38. The van der Waals surface area contributed by atoms with Gasteiger partial charge in [0.2, 0.25) is 11.7 Å². The average molecular weight is 265 g/mol. The van der Waals surface area contributed by atoms with Gasteiger partial charge in [0, 0.05) is 11.6 Å². The van der Waals surface area contributed by atoms with Crippen molar-refractivity contribution in [2.75, 3.05) is 6.54 Å². The number of halogens is 2. The van der Waals surface area contributed by atoms with E-state index < -0.39 is 11.6 Å². The van der Waals surface area contributed by atoms with Gasteiger partial charge in [0.05, 0.1) is 5.54 Å². The first-order chi connectivity index (χ1) is 9.07. The van der Waals surface area contributed by atoms with Crippen LogP contribution >= 0.6 is 0 Å². The molecule has 1 aromatic heterocycles. The van der Waals surface area contributed by atoms with Crippen molar-refractivity contribution in [1.29, 1.82) is 0 Å². The zero-order valence-corrected chi connectivity index (χ0v) is 10.4. The van der Waals surface area contributed by atoms with Crippen LogP contribution in [0.4, 0.5) is 8.78 Å². The predicted octanol–water partition coefficient (Wildman–Crippen LogP) is 2.61. The third-order valence-corrected chi connectivity index (χ3v) is 3.39. The van der Waals surface area contributed by atoms with Gasteiger partial charge in [-0.15, -0.1) is 0 Å². The van der Waals surface area contributed by atoms with Crippen molar-refractivity contribution < 1.29 is 13.3 Å². The maximum Gasteiger partial charge on any atom is 0.246 e. The fraction of sp³-hybridized carbons (Fsp3) is 0.385. The second-order valence-electron chi connectivity index (χ2n) is 4.94.